The normalized spacial score (nSPS) is 15.7. The summed E-state index contributed by atoms with van der Waals surface area (Å²) in [5.41, 5.74) is 3.39. The van der Waals surface area contributed by atoms with Crippen LogP contribution in [-0.4, -0.2) is 34.4 Å². The topological polar surface area (TPSA) is 32.8 Å². The van der Waals surface area contributed by atoms with E-state index in [0.717, 1.165) is 5.56 Å². The van der Waals surface area contributed by atoms with Gasteiger partial charge >= 0.3 is 0 Å². The Kier molecular flexibility index (Phi) is 6.28. The molecule has 2 aromatic carbocycles. The summed E-state index contributed by atoms with van der Waals surface area (Å²) < 4.78 is 5.82. The van der Waals surface area contributed by atoms with Crippen molar-refractivity contribution in [3.05, 3.63) is 68.8 Å². The number of ether oxygens (including phenoxy) is 1. The summed E-state index contributed by atoms with van der Waals surface area (Å²) in [6.45, 7) is 4.80. The number of rotatable bonds is 5. The lowest BCUT2D eigenvalue weighted by atomic mass is 10.1. The predicted octanol–water partition coefficient (Wildman–Crippen LogP) is 5.30. The number of amides is 1. The molecule has 28 heavy (non-hydrogen) atoms. The molecule has 0 bridgehead atoms. The van der Waals surface area contributed by atoms with E-state index in [2.05, 4.69) is 0 Å². The molecule has 0 spiro atoms. The number of carbonyl (C=O) groups excluding carboxylic acids is 1. The SMILES string of the molecule is CCN1C(=O)/C(=C/c2cc(Cl)c(OCc3ccc(C)cc3)c(Cl)c2)N(C)C1=S. The van der Waals surface area contributed by atoms with Crippen LogP contribution in [0.5, 0.6) is 5.75 Å². The van der Waals surface area contributed by atoms with Crippen LogP contribution in [0.1, 0.15) is 23.6 Å². The van der Waals surface area contributed by atoms with E-state index in [1.807, 2.05) is 38.1 Å². The third-order valence-electron chi connectivity index (χ3n) is 4.49. The van der Waals surface area contributed by atoms with Gasteiger partial charge in [-0.3, -0.25) is 9.69 Å². The number of nitrogens with zero attached hydrogens (tertiary/aromatic N) is 2. The van der Waals surface area contributed by atoms with Crippen molar-refractivity contribution in [2.24, 2.45) is 0 Å². The van der Waals surface area contributed by atoms with Gasteiger partial charge in [0.1, 0.15) is 12.3 Å². The second kappa shape index (κ2) is 8.52. The molecule has 1 aliphatic heterocycles. The first-order chi connectivity index (χ1) is 13.3. The Morgan fingerprint density at radius 3 is 2.29 bits per heavy atom. The Labute approximate surface area is 180 Å². The lowest BCUT2D eigenvalue weighted by Crippen LogP contribution is -2.30. The Hall–Kier alpha value is -2.08. The van der Waals surface area contributed by atoms with E-state index >= 15 is 0 Å². The number of halogens is 2. The molecule has 0 saturated carbocycles. The van der Waals surface area contributed by atoms with Gasteiger partial charge in [-0.05, 0) is 55.4 Å². The van der Waals surface area contributed by atoms with Crippen LogP contribution in [0.4, 0.5) is 0 Å². The van der Waals surface area contributed by atoms with Gasteiger partial charge in [0, 0.05) is 13.6 Å². The van der Waals surface area contributed by atoms with Gasteiger partial charge in [-0.2, -0.15) is 0 Å². The summed E-state index contributed by atoms with van der Waals surface area (Å²) in [6.07, 6.45) is 1.73. The maximum absolute atomic E-state index is 12.5. The predicted molar refractivity (Wildman–Crippen MR) is 118 cm³/mol. The zero-order chi connectivity index (χ0) is 20.4. The van der Waals surface area contributed by atoms with Crippen molar-refractivity contribution in [3.63, 3.8) is 0 Å². The van der Waals surface area contributed by atoms with Gasteiger partial charge in [0.2, 0.25) is 0 Å². The number of hydrogen-bond donors (Lipinski definition) is 0. The molecule has 1 saturated heterocycles. The number of hydrogen-bond acceptors (Lipinski definition) is 3. The Morgan fingerprint density at radius 2 is 1.75 bits per heavy atom. The quantitative estimate of drug-likeness (QED) is 0.471. The minimum absolute atomic E-state index is 0.137. The van der Waals surface area contributed by atoms with Crippen molar-refractivity contribution in [1.82, 2.24) is 9.80 Å². The summed E-state index contributed by atoms with van der Waals surface area (Å²) in [5.74, 6) is 0.282. The van der Waals surface area contributed by atoms with Crippen molar-refractivity contribution in [2.45, 2.75) is 20.5 Å². The molecule has 3 rings (SSSR count). The number of carbonyl (C=O) groups is 1. The Balaban J connectivity index is 1.83. The van der Waals surface area contributed by atoms with Crippen molar-refractivity contribution >= 4 is 52.5 Å². The van der Waals surface area contributed by atoms with E-state index < -0.39 is 0 Å². The lowest BCUT2D eigenvalue weighted by molar-refractivity contribution is -0.122. The maximum atomic E-state index is 12.5. The molecule has 4 nitrogen and oxygen atoms in total. The molecule has 1 fully saturated rings. The fourth-order valence-corrected chi connectivity index (χ4v) is 3.81. The van der Waals surface area contributed by atoms with Gasteiger partial charge in [-0.25, -0.2) is 0 Å². The monoisotopic (exact) mass is 434 g/mol. The van der Waals surface area contributed by atoms with Crippen LogP contribution in [-0.2, 0) is 11.4 Å². The standard InChI is InChI=1S/C21H20Cl2N2O2S/c1-4-25-20(26)18(24(3)21(25)28)11-15-9-16(22)19(17(23)10-15)27-12-14-7-5-13(2)6-8-14/h5-11H,4,12H2,1-3H3/b18-11-. The lowest BCUT2D eigenvalue weighted by Gasteiger charge is -2.14. The third-order valence-corrected chi connectivity index (χ3v) is 5.54. The van der Waals surface area contributed by atoms with E-state index in [0.29, 0.717) is 45.3 Å². The molecular weight excluding hydrogens is 415 g/mol. The maximum Gasteiger partial charge on any atom is 0.276 e. The minimum atomic E-state index is -0.137. The highest BCUT2D eigenvalue weighted by atomic mass is 35.5. The van der Waals surface area contributed by atoms with Gasteiger partial charge in [-0.1, -0.05) is 53.0 Å². The first-order valence-electron chi connectivity index (χ1n) is 8.80. The van der Waals surface area contributed by atoms with Crippen LogP contribution in [0.2, 0.25) is 10.0 Å². The molecule has 0 radical (unpaired) electrons. The molecule has 0 aromatic heterocycles. The van der Waals surface area contributed by atoms with Gasteiger partial charge < -0.3 is 9.64 Å². The molecule has 0 N–H and O–H groups in total. The van der Waals surface area contributed by atoms with Gasteiger partial charge in [0.15, 0.2) is 10.9 Å². The summed E-state index contributed by atoms with van der Waals surface area (Å²) in [7, 11) is 1.77. The first kappa shape index (κ1) is 20.6. The van der Waals surface area contributed by atoms with Crippen molar-refractivity contribution in [1.29, 1.82) is 0 Å². The number of benzene rings is 2. The molecule has 1 amide bonds. The van der Waals surface area contributed by atoms with E-state index in [1.165, 1.54) is 5.56 Å². The van der Waals surface area contributed by atoms with Crippen LogP contribution in [0, 0.1) is 6.92 Å². The second-order valence-electron chi connectivity index (χ2n) is 6.51. The third kappa shape index (κ3) is 4.17. The number of likely N-dealkylation sites (N-methyl/N-ethyl adjacent to an activating group) is 2. The molecule has 146 valence electrons. The first-order valence-corrected chi connectivity index (χ1v) is 9.97. The summed E-state index contributed by atoms with van der Waals surface area (Å²) in [4.78, 5) is 15.8. The van der Waals surface area contributed by atoms with Gasteiger partial charge in [0.25, 0.3) is 5.91 Å². The van der Waals surface area contributed by atoms with Crippen LogP contribution < -0.4 is 4.74 Å². The zero-order valence-electron chi connectivity index (χ0n) is 15.8. The molecule has 0 atom stereocenters. The number of aryl methyl sites for hydroxylation is 1. The van der Waals surface area contributed by atoms with E-state index in [1.54, 1.807) is 35.1 Å². The molecule has 2 aromatic rings. The molecule has 1 aliphatic rings. The Morgan fingerprint density at radius 1 is 1.14 bits per heavy atom. The van der Waals surface area contributed by atoms with Crippen molar-refractivity contribution in [3.8, 4) is 5.75 Å². The zero-order valence-corrected chi connectivity index (χ0v) is 18.2. The fourth-order valence-electron chi connectivity index (χ4n) is 2.89. The average molecular weight is 435 g/mol. The second-order valence-corrected chi connectivity index (χ2v) is 7.69. The van der Waals surface area contributed by atoms with E-state index in [4.69, 9.17) is 40.2 Å². The molecule has 1 heterocycles. The van der Waals surface area contributed by atoms with E-state index in [-0.39, 0.29) is 5.91 Å². The van der Waals surface area contributed by atoms with Crippen LogP contribution in [0.3, 0.4) is 0 Å². The van der Waals surface area contributed by atoms with Crippen LogP contribution >= 0.6 is 35.4 Å². The largest absolute Gasteiger partial charge is 0.486 e. The van der Waals surface area contributed by atoms with Crippen molar-refractivity contribution in [2.75, 3.05) is 13.6 Å². The van der Waals surface area contributed by atoms with E-state index in [9.17, 15) is 4.79 Å². The smallest absolute Gasteiger partial charge is 0.276 e. The highest BCUT2D eigenvalue weighted by molar-refractivity contribution is 7.80. The Bertz CT molecular complexity index is 934. The highest BCUT2D eigenvalue weighted by Crippen LogP contribution is 2.36. The number of thiocarbonyl (C=S) groups is 1. The van der Waals surface area contributed by atoms with Crippen molar-refractivity contribution < 1.29 is 9.53 Å². The summed E-state index contributed by atoms with van der Waals surface area (Å²) in [5, 5.41) is 1.25. The van der Waals surface area contributed by atoms with Gasteiger partial charge in [-0.15, -0.1) is 0 Å². The molecule has 7 heteroatoms. The molecule has 0 unspecified atom stereocenters. The fraction of sp³-hybridized carbons (Fsp3) is 0.238. The average Bonchev–Trinajstić information content (AvgIpc) is 2.85. The van der Waals surface area contributed by atoms with Crippen LogP contribution in [0.15, 0.2) is 42.1 Å². The minimum Gasteiger partial charge on any atom is -0.486 e. The van der Waals surface area contributed by atoms with Gasteiger partial charge in [0.05, 0.1) is 10.0 Å². The van der Waals surface area contributed by atoms with Crippen LogP contribution in [0.25, 0.3) is 6.08 Å². The highest BCUT2D eigenvalue weighted by Gasteiger charge is 2.34. The molecular formula is C21H20Cl2N2O2S. The molecule has 0 aliphatic carbocycles. The summed E-state index contributed by atoms with van der Waals surface area (Å²) in [6, 6.07) is 11.5. The summed E-state index contributed by atoms with van der Waals surface area (Å²) >= 11 is 18.1.